The molecule has 1 aliphatic rings. The molecule has 2 rings (SSSR count). The molecule has 0 saturated heterocycles. The van der Waals surface area contributed by atoms with E-state index in [9.17, 15) is 0 Å². The molecule has 1 aromatic rings. The minimum atomic E-state index is 0.262. The van der Waals surface area contributed by atoms with Crippen molar-refractivity contribution in [3.63, 3.8) is 0 Å². The molecule has 0 aliphatic heterocycles. The van der Waals surface area contributed by atoms with E-state index in [1.807, 2.05) is 0 Å². The number of rotatable bonds is 1. The van der Waals surface area contributed by atoms with E-state index in [0.717, 1.165) is 6.42 Å². The van der Waals surface area contributed by atoms with Crippen LogP contribution in [-0.2, 0) is 5.41 Å². The zero-order chi connectivity index (χ0) is 9.64. The zero-order valence-corrected chi connectivity index (χ0v) is 8.59. The van der Waals surface area contributed by atoms with E-state index in [-0.39, 0.29) is 5.41 Å². The maximum Gasteiger partial charge on any atom is 0.0143 e. The lowest BCUT2D eigenvalue weighted by molar-refractivity contribution is 0.740. The van der Waals surface area contributed by atoms with E-state index in [1.54, 1.807) is 0 Å². The van der Waals surface area contributed by atoms with Gasteiger partial charge in [0, 0.05) is 11.5 Å². The smallest absolute Gasteiger partial charge is 0.0143 e. The van der Waals surface area contributed by atoms with Crippen LogP contribution in [0.4, 0.5) is 0 Å². The van der Waals surface area contributed by atoms with Crippen molar-refractivity contribution in [1.29, 1.82) is 0 Å². The normalized spacial score (nSPS) is 31.8. The second kappa shape index (κ2) is 2.58. The molecular weight excluding hydrogens is 158 g/mol. The average molecular weight is 175 g/mol. The highest BCUT2D eigenvalue weighted by molar-refractivity contribution is 5.39. The van der Waals surface area contributed by atoms with Gasteiger partial charge < -0.3 is 5.73 Å². The fourth-order valence-electron chi connectivity index (χ4n) is 1.83. The maximum absolute atomic E-state index is 5.92. The van der Waals surface area contributed by atoms with E-state index < -0.39 is 0 Å². The quantitative estimate of drug-likeness (QED) is 0.696. The summed E-state index contributed by atoms with van der Waals surface area (Å²) in [7, 11) is 0. The third kappa shape index (κ3) is 1.28. The third-order valence-corrected chi connectivity index (χ3v) is 3.47. The van der Waals surface area contributed by atoms with Gasteiger partial charge in [-0.3, -0.25) is 0 Å². The molecule has 70 valence electrons. The highest BCUT2D eigenvalue weighted by Gasteiger charge is 2.48. The predicted octanol–water partition coefficient (Wildman–Crippen LogP) is 2.29. The molecule has 2 unspecified atom stereocenters. The van der Waals surface area contributed by atoms with E-state index in [4.69, 9.17) is 5.73 Å². The predicted molar refractivity (Wildman–Crippen MR) is 55.9 cm³/mol. The van der Waals surface area contributed by atoms with Crippen molar-refractivity contribution in [2.45, 2.75) is 38.6 Å². The van der Waals surface area contributed by atoms with Crippen LogP contribution in [0.15, 0.2) is 18.2 Å². The second-order valence-electron chi connectivity index (χ2n) is 4.53. The highest BCUT2D eigenvalue weighted by atomic mass is 14.8. The minimum Gasteiger partial charge on any atom is -0.327 e. The van der Waals surface area contributed by atoms with E-state index in [1.165, 1.54) is 16.7 Å². The highest BCUT2D eigenvalue weighted by Crippen LogP contribution is 2.46. The van der Waals surface area contributed by atoms with Crippen molar-refractivity contribution in [3.05, 3.63) is 34.9 Å². The Bertz CT molecular complexity index is 343. The lowest BCUT2D eigenvalue weighted by Crippen LogP contribution is -2.14. The summed E-state index contributed by atoms with van der Waals surface area (Å²) < 4.78 is 0. The van der Waals surface area contributed by atoms with Crippen LogP contribution in [0.2, 0.25) is 0 Å². The molecule has 0 amide bonds. The van der Waals surface area contributed by atoms with Gasteiger partial charge in [0.2, 0.25) is 0 Å². The van der Waals surface area contributed by atoms with Crippen LogP contribution in [0.3, 0.4) is 0 Å². The summed E-state index contributed by atoms with van der Waals surface area (Å²) >= 11 is 0. The Morgan fingerprint density at radius 2 is 1.92 bits per heavy atom. The molecule has 1 fully saturated rings. The average Bonchev–Trinajstić information content (AvgIpc) is 2.67. The summed E-state index contributed by atoms with van der Waals surface area (Å²) in [6.45, 7) is 6.56. The van der Waals surface area contributed by atoms with E-state index >= 15 is 0 Å². The van der Waals surface area contributed by atoms with Crippen molar-refractivity contribution in [2.75, 3.05) is 0 Å². The van der Waals surface area contributed by atoms with Crippen LogP contribution in [0, 0.1) is 13.8 Å². The molecule has 2 atom stereocenters. The van der Waals surface area contributed by atoms with Gasteiger partial charge in [0.1, 0.15) is 0 Å². The molecule has 0 aromatic heterocycles. The van der Waals surface area contributed by atoms with E-state index in [2.05, 4.69) is 39.0 Å². The lowest BCUT2D eigenvalue weighted by atomic mass is 9.94. The summed E-state index contributed by atoms with van der Waals surface area (Å²) in [6, 6.07) is 7.06. The Morgan fingerprint density at radius 1 is 1.31 bits per heavy atom. The molecule has 0 bridgehead atoms. The van der Waals surface area contributed by atoms with E-state index in [0.29, 0.717) is 6.04 Å². The van der Waals surface area contributed by atoms with Crippen molar-refractivity contribution in [2.24, 2.45) is 5.73 Å². The number of aryl methyl sites for hydroxylation is 2. The first kappa shape index (κ1) is 8.76. The van der Waals surface area contributed by atoms with Gasteiger partial charge in [0.25, 0.3) is 0 Å². The Kier molecular flexibility index (Phi) is 1.74. The van der Waals surface area contributed by atoms with Crippen molar-refractivity contribution >= 4 is 0 Å². The zero-order valence-electron chi connectivity index (χ0n) is 8.59. The van der Waals surface area contributed by atoms with Gasteiger partial charge in [-0.15, -0.1) is 0 Å². The number of hydrogen-bond acceptors (Lipinski definition) is 1. The van der Waals surface area contributed by atoms with Gasteiger partial charge in [-0.1, -0.05) is 25.1 Å². The number of benzene rings is 1. The Labute approximate surface area is 80.0 Å². The summed E-state index contributed by atoms with van der Waals surface area (Å²) in [5.41, 5.74) is 10.3. The van der Waals surface area contributed by atoms with Crippen LogP contribution < -0.4 is 5.73 Å². The maximum atomic E-state index is 5.92. The summed E-state index contributed by atoms with van der Waals surface area (Å²) in [5.74, 6) is 0. The summed E-state index contributed by atoms with van der Waals surface area (Å²) in [6.07, 6.45) is 1.13. The van der Waals surface area contributed by atoms with Gasteiger partial charge in [0.05, 0.1) is 0 Å². The van der Waals surface area contributed by atoms with Crippen molar-refractivity contribution in [1.82, 2.24) is 0 Å². The molecule has 1 aliphatic carbocycles. The van der Waals surface area contributed by atoms with Crippen LogP contribution in [-0.4, -0.2) is 6.04 Å². The van der Waals surface area contributed by atoms with Crippen molar-refractivity contribution in [3.8, 4) is 0 Å². The molecular formula is C12H17N. The first-order valence-corrected chi connectivity index (χ1v) is 4.87. The van der Waals surface area contributed by atoms with Crippen LogP contribution in [0.1, 0.15) is 30.0 Å². The molecule has 13 heavy (non-hydrogen) atoms. The van der Waals surface area contributed by atoms with Gasteiger partial charge >= 0.3 is 0 Å². The Balaban J connectivity index is 2.38. The molecule has 0 radical (unpaired) electrons. The topological polar surface area (TPSA) is 26.0 Å². The first-order chi connectivity index (χ1) is 6.04. The van der Waals surface area contributed by atoms with Crippen LogP contribution in [0.5, 0.6) is 0 Å². The van der Waals surface area contributed by atoms with Gasteiger partial charge in [0.15, 0.2) is 0 Å². The van der Waals surface area contributed by atoms with Crippen LogP contribution in [0.25, 0.3) is 0 Å². The van der Waals surface area contributed by atoms with Gasteiger partial charge in [-0.2, -0.15) is 0 Å². The SMILES string of the molecule is Cc1ccc(C2(C)CC2N)cc1C. The van der Waals surface area contributed by atoms with Gasteiger partial charge in [-0.25, -0.2) is 0 Å². The Morgan fingerprint density at radius 3 is 2.38 bits per heavy atom. The first-order valence-electron chi connectivity index (χ1n) is 4.87. The molecule has 2 N–H and O–H groups in total. The molecule has 1 saturated carbocycles. The number of nitrogens with two attached hydrogens (primary N) is 1. The van der Waals surface area contributed by atoms with Crippen molar-refractivity contribution < 1.29 is 0 Å². The standard InChI is InChI=1S/C12H17N/c1-8-4-5-10(6-9(8)2)12(3)7-11(12)13/h4-6,11H,7,13H2,1-3H3. The van der Waals surface area contributed by atoms with Crippen LogP contribution >= 0.6 is 0 Å². The fourth-order valence-corrected chi connectivity index (χ4v) is 1.83. The molecule has 1 heteroatoms. The third-order valence-electron chi connectivity index (χ3n) is 3.47. The van der Waals surface area contributed by atoms with Gasteiger partial charge in [-0.05, 0) is 37.0 Å². The second-order valence-corrected chi connectivity index (χ2v) is 4.53. The fraction of sp³-hybridized carbons (Fsp3) is 0.500. The summed E-state index contributed by atoms with van der Waals surface area (Å²) in [4.78, 5) is 0. The molecule has 1 nitrogen and oxygen atoms in total. The monoisotopic (exact) mass is 175 g/mol. The molecule has 0 heterocycles. The Hall–Kier alpha value is -0.820. The lowest BCUT2D eigenvalue weighted by Gasteiger charge is -2.12. The minimum absolute atomic E-state index is 0.262. The molecule has 1 aromatic carbocycles. The molecule has 0 spiro atoms. The summed E-state index contributed by atoms with van der Waals surface area (Å²) in [5, 5.41) is 0. The largest absolute Gasteiger partial charge is 0.327 e. The number of hydrogen-bond donors (Lipinski definition) is 1.